The van der Waals surface area contributed by atoms with Crippen LogP contribution in [0.15, 0.2) is 0 Å². The molecule has 0 radical (unpaired) electrons. The summed E-state index contributed by atoms with van der Waals surface area (Å²) in [5.41, 5.74) is -0.364. The summed E-state index contributed by atoms with van der Waals surface area (Å²) in [6.45, 7) is 5.74. The topological polar surface area (TPSA) is 78.4 Å². The van der Waals surface area contributed by atoms with Crippen LogP contribution in [-0.4, -0.2) is 35.6 Å². The molecule has 0 saturated carbocycles. The second kappa shape index (κ2) is 9.03. The Bertz CT molecular complexity index is 338. The maximum absolute atomic E-state index is 12.4. The van der Waals surface area contributed by atoms with Gasteiger partial charge in [-0.2, -0.15) is 0 Å². The van der Waals surface area contributed by atoms with Crippen molar-refractivity contribution in [3.05, 3.63) is 0 Å². The maximum atomic E-state index is 12.4. The van der Waals surface area contributed by atoms with Crippen molar-refractivity contribution in [2.75, 3.05) is 13.1 Å². The maximum Gasteiger partial charge on any atom is 0.303 e. The molecule has 1 heterocycles. The third kappa shape index (κ3) is 5.65. The zero-order valence-corrected chi connectivity index (χ0v) is 13.4. The molecule has 1 amide bonds. The number of carboxylic acid groups (broad SMARTS) is 1. The first kappa shape index (κ1) is 18.0. The van der Waals surface area contributed by atoms with E-state index in [4.69, 9.17) is 5.11 Å². The van der Waals surface area contributed by atoms with Gasteiger partial charge in [0.2, 0.25) is 5.91 Å². The molecule has 5 heteroatoms. The SMILES string of the molecule is CCCC1(C(=O)NCCC(CC)CCC(=O)O)CCCN1. The van der Waals surface area contributed by atoms with Crippen LogP contribution in [0.1, 0.15) is 65.2 Å². The third-order valence-electron chi connectivity index (χ3n) is 4.54. The Morgan fingerprint density at radius 2 is 2.10 bits per heavy atom. The molecule has 2 atom stereocenters. The quantitative estimate of drug-likeness (QED) is 0.578. The fourth-order valence-corrected chi connectivity index (χ4v) is 3.19. The second-order valence-electron chi connectivity index (χ2n) is 6.11. The summed E-state index contributed by atoms with van der Waals surface area (Å²) in [7, 11) is 0. The van der Waals surface area contributed by atoms with Crippen molar-refractivity contribution in [2.45, 2.75) is 70.8 Å². The van der Waals surface area contributed by atoms with Gasteiger partial charge in [-0.25, -0.2) is 0 Å². The minimum Gasteiger partial charge on any atom is -0.481 e. The number of rotatable bonds is 10. The summed E-state index contributed by atoms with van der Waals surface area (Å²) in [5, 5.41) is 15.2. The average Bonchev–Trinajstić information content (AvgIpc) is 2.92. The summed E-state index contributed by atoms with van der Waals surface area (Å²) >= 11 is 0. The van der Waals surface area contributed by atoms with Gasteiger partial charge in [-0.15, -0.1) is 0 Å². The molecule has 1 rings (SSSR count). The highest BCUT2D eigenvalue weighted by Gasteiger charge is 2.39. The van der Waals surface area contributed by atoms with Crippen LogP contribution in [0.4, 0.5) is 0 Å². The number of carboxylic acids is 1. The number of carbonyl (C=O) groups excluding carboxylic acids is 1. The normalized spacial score (nSPS) is 23.0. The molecule has 2 unspecified atom stereocenters. The van der Waals surface area contributed by atoms with E-state index >= 15 is 0 Å². The Morgan fingerprint density at radius 3 is 2.62 bits per heavy atom. The third-order valence-corrected chi connectivity index (χ3v) is 4.54. The van der Waals surface area contributed by atoms with Gasteiger partial charge in [-0.05, 0) is 44.6 Å². The molecular formula is C16H30N2O3. The summed E-state index contributed by atoms with van der Waals surface area (Å²) < 4.78 is 0. The number of hydrogen-bond acceptors (Lipinski definition) is 3. The highest BCUT2D eigenvalue weighted by molar-refractivity contribution is 5.86. The van der Waals surface area contributed by atoms with E-state index in [9.17, 15) is 9.59 Å². The van der Waals surface area contributed by atoms with Crippen molar-refractivity contribution in [1.82, 2.24) is 10.6 Å². The number of amides is 1. The van der Waals surface area contributed by atoms with Gasteiger partial charge in [0.1, 0.15) is 0 Å². The van der Waals surface area contributed by atoms with Crippen molar-refractivity contribution in [3.63, 3.8) is 0 Å². The van der Waals surface area contributed by atoms with E-state index in [-0.39, 0.29) is 17.9 Å². The Hall–Kier alpha value is -1.10. The minimum atomic E-state index is -0.741. The largest absolute Gasteiger partial charge is 0.481 e. The molecule has 5 nitrogen and oxygen atoms in total. The first-order chi connectivity index (χ1) is 10.0. The van der Waals surface area contributed by atoms with Crippen LogP contribution in [0, 0.1) is 5.92 Å². The van der Waals surface area contributed by atoms with Crippen LogP contribution in [0.2, 0.25) is 0 Å². The predicted molar refractivity (Wildman–Crippen MR) is 83.2 cm³/mol. The molecule has 0 aromatic heterocycles. The van der Waals surface area contributed by atoms with Gasteiger partial charge < -0.3 is 15.7 Å². The monoisotopic (exact) mass is 298 g/mol. The van der Waals surface area contributed by atoms with E-state index in [0.717, 1.165) is 45.1 Å². The van der Waals surface area contributed by atoms with E-state index in [1.807, 2.05) is 0 Å². The standard InChI is InChI=1S/C16H30N2O3/c1-3-9-16(10-5-11-18-16)15(21)17-12-8-13(4-2)6-7-14(19)20/h13,18H,3-12H2,1-2H3,(H,17,21)(H,19,20). The Balaban J connectivity index is 2.35. The van der Waals surface area contributed by atoms with E-state index in [1.165, 1.54) is 0 Å². The Morgan fingerprint density at radius 1 is 1.33 bits per heavy atom. The number of hydrogen-bond donors (Lipinski definition) is 3. The van der Waals surface area contributed by atoms with Crippen LogP contribution >= 0.6 is 0 Å². The molecule has 3 N–H and O–H groups in total. The van der Waals surface area contributed by atoms with Crippen LogP contribution in [0.5, 0.6) is 0 Å². The Labute approximate surface area is 127 Å². The lowest BCUT2D eigenvalue weighted by Gasteiger charge is -2.28. The number of nitrogens with one attached hydrogen (secondary N) is 2. The summed E-state index contributed by atoms with van der Waals surface area (Å²) in [5.74, 6) is -0.246. The second-order valence-corrected chi connectivity index (χ2v) is 6.11. The molecule has 0 aromatic rings. The van der Waals surface area contributed by atoms with E-state index in [2.05, 4.69) is 24.5 Å². The molecule has 1 saturated heterocycles. The van der Waals surface area contributed by atoms with Crippen molar-refractivity contribution in [2.24, 2.45) is 5.92 Å². The van der Waals surface area contributed by atoms with Gasteiger partial charge in [-0.1, -0.05) is 26.7 Å². The van der Waals surface area contributed by atoms with Gasteiger partial charge in [0.25, 0.3) is 0 Å². The summed E-state index contributed by atoms with van der Waals surface area (Å²) in [6.07, 6.45) is 6.59. The molecule has 1 aliphatic heterocycles. The number of aliphatic carboxylic acids is 1. The predicted octanol–water partition coefficient (Wildman–Crippen LogP) is 2.31. The van der Waals surface area contributed by atoms with E-state index < -0.39 is 5.97 Å². The molecule has 122 valence electrons. The van der Waals surface area contributed by atoms with Gasteiger partial charge >= 0.3 is 5.97 Å². The fourth-order valence-electron chi connectivity index (χ4n) is 3.19. The van der Waals surface area contributed by atoms with Crippen molar-refractivity contribution >= 4 is 11.9 Å². The first-order valence-corrected chi connectivity index (χ1v) is 8.29. The fraction of sp³-hybridized carbons (Fsp3) is 0.875. The molecule has 0 spiro atoms. The van der Waals surface area contributed by atoms with E-state index in [1.54, 1.807) is 0 Å². The highest BCUT2D eigenvalue weighted by atomic mass is 16.4. The highest BCUT2D eigenvalue weighted by Crippen LogP contribution is 2.25. The van der Waals surface area contributed by atoms with Gasteiger partial charge in [0.15, 0.2) is 0 Å². The molecule has 1 fully saturated rings. The minimum absolute atomic E-state index is 0.120. The van der Waals surface area contributed by atoms with E-state index in [0.29, 0.717) is 18.9 Å². The Kier molecular flexibility index (Phi) is 7.72. The molecule has 0 aliphatic carbocycles. The van der Waals surface area contributed by atoms with Crippen LogP contribution < -0.4 is 10.6 Å². The zero-order valence-electron chi connectivity index (χ0n) is 13.4. The molecule has 21 heavy (non-hydrogen) atoms. The summed E-state index contributed by atoms with van der Waals surface area (Å²) in [4.78, 5) is 23.0. The molecular weight excluding hydrogens is 268 g/mol. The summed E-state index contributed by atoms with van der Waals surface area (Å²) in [6, 6.07) is 0. The zero-order chi connectivity index (χ0) is 15.7. The van der Waals surface area contributed by atoms with Gasteiger partial charge in [0, 0.05) is 13.0 Å². The smallest absolute Gasteiger partial charge is 0.303 e. The number of carbonyl (C=O) groups is 2. The van der Waals surface area contributed by atoms with Crippen LogP contribution in [0.25, 0.3) is 0 Å². The lowest BCUT2D eigenvalue weighted by Crippen LogP contribution is -2.53. The first-order valence-electron chi connectivity index (χ1n) is 8.29. The lowest BCUT2D eigenvalue weighted by molar-refractivity contribution is -0.137. The van der Waals surface area contributed by atoms with Gasteiger partial charge in [0.05, 0.1) is 5.54 Å². The van der Waals surface area contributed by atoms with Crippen molar-refractivity contribution in [3.8, 4) is 0 Å². The average molecular weight is 298 g/mol. The van der Waals surface area contributed by atoms with Gasteiger partial charge in [-0.3, -0.25) is 9.59 Å². The molecule has 0 bridgehead atoms. The molecule has 1 aliphatic rings. The van der Waals surface area contributed by atoms with Crippen molar-refractivity contribution in [1.29, 1.82) is 0 Å². The van der Waals surface area contributed by atoms with Crippen LogP contribution in [-0.2, 0) is 9.59 Å². The van der Waals surface area contributed by atoms with Crippen molar-refractivity contribution < 1.29 is 14.7 Å². The van der Waals surface area contributed by atoms with Crippen LogP contribution in [0.3, 0.4) is 0 Å². The molecule has 0 aromatic carbocycles. The lowest BCUT2D eigenvalue weighted by atomic mass is 9.90.